The second kappa shape index (κ2) is 11.1. The highest BCUT2D eigenvalue weighted by Crippen LogP contribution is 2.34. The summed E-state index contributed by atoms with van der Waals surface area (Å²) in [6.45, 7) is 4.07. The minimum Gasteiger partial charge on any atom is -0.463 e. The maximum atomic E-state index is 11.8. The third kappa shape index (κ3) is 6.65. The van der Waals surface area contributed by atoms with Crippen LogP contribution in [0.3, 0.4) is 0 Å². The molecule has 0 spiro atoms. The first-order valence-corrected chi connectivity index (χ1v) is 9.34. The first-order chi connectivity index (χ1) is 15.1. The first-order valence-electron chi connectivity index (χ1n) is 9.34. The molecule has 174 valence electrons. The largest absolute Gasteiger partial charge is 0.463 e. The Balaban J connectivity index is 2.50. The van der Waals surface area contributed by atoms with Gasteiger partial charge in [-0.2, -0.15) is 0 Å². The molecule has 1 aliphatic heterocycles. The third-order valence-electron chi connectivity index (χ3n) is 4.08. The Morgan fingerprint density at radius 3 is 2.19 bits per heavy atom. The van der Waals surface area contributed by atoms with Gasteiger partial charge in [0.2, 0.25) is 0 Å². The molecule has 1 aromatic heterocycles. The van der Waals surface area contributed by atoms with Crippen LogP contribution in [0.5, 0.6) is 0 Å². The summed E-state index contributed by atoms with van der Waals surface area (Å²) in [5.41, 5.74) is 8.75. The molecule has 15 heteroatoms. The molecule has 1 aromatic rings. The number of hydrogen-bond acceptors (Lipinski definition) is 12. The van der Waals surface area contributed by atoms with E-state index in [0.717, 1.165) is 25.5 Å². The quantitative estimate of drug-likeness (QED) is 0.173. The summed E-state index contributed by atoms with van der Waals surface area (Å²) in [4.78, 5) is 49.3. The summed E-state index contributed by atoms with van der Waals surface area (Å²) in [5, 5.41) is 11.1. The fraction of sp³-hybridized carbons (Fsp3) is 0.647. The minimum atomic E-state index is -1.33. The smallest absolute Gasteiger partial charge is 0.303 e. The summed E-state index contributed by atoms with van der Waals surface area (Å²) in [6, 6.07) is 0. The van der Waals surface area contributed by atoms with E-state index in [1.54, 1.807) is 0 Å². The number of hydrogen-bond donors (Lipinski definition) is 0. The molecular weight excluding hydrogens is 432 g/mol. The molecule has 2 heterocycles. The summed E-state index contributed by atoms with van der Waals surface area (Å²) in [7, 11) is 0. The molecule has 0 saturated carbocycles. The average Bonchev–Trinajstić information content (AvgIpc) is 3.15. The lowest BCUT2D eigenvalue weighted by Crippen LogP contribution is -2.60. The maximum absolute atomic E-state index is 11.8. The van der Waals surface area contributed by atoms with Crippen molar-refractivity contribution in [3.05, 3.63) is 22.3 Å². The zero-order chi connectivity index (χ0) is 23.8. The van der Waals surface area contributed by atoms with E-state index in [1.807, 2.05) is 0 Å². The van der Waals surface area contributed by atoms with Gasteiger partial charge in [0.25, 0.3) is 0 Å². The standard InChI is InChI=1S/C17H22N6O9/c1-8(24)28-7-13-14(29-9(2)25)15(30-10(3)26)16(31-11(4)27)17(32-13)23-6-12(20-22-23)5-19-21-18/h6,13-17H,5,7H2,1-4H3/t13-,14-,15+,16+,17+/m1/s1. The molecule has 15 nitrogen and oxygen atoms in total. The number of azide groups is 1. The highest BCUT2D eigenvalue weighted by Gasteiger charge is 2.53. The van der Waals surface area contributed by atoms with Gasteiger partial charge in [-0.1, -0.05) is 10.3 Å². The topological polar surface area (TPSA) is 194 Å². The number of carbonyl (C=O) groups is 4. The molecule has 1 fully saturated rings. The highest BCUT2D eigenvalue weighted by atomic mass is 16.7. The second-order valence-electron chi connectivity index (χ2n) is 6.67. The van der Waals surface area contributed by atoms with Gasteiger partial charge in [-0.25, -0.2) is 4.68 Å². The molecule has 5 atom stereocenters. The number of esters is 4. The Hall–Kier alpha value is -3.71. The van der Waals surface area contributed by atoms with Crippen molar-refractivity contribution in [2.24, 2.45) is 5.11 Å². The number of nitrogens with zero attached hydrogens (tertiary/aromatic N) is 6. The number of carbonyl (C=O) groups excluding carboxylic acids is 4. The monoisotopic (exact) mass is 454 g/mol. The van der Waals surface area contributed by atoms with Crippen LogP contribution in [0.25, 0.3) is 10.4 Å². The van der Waals surface area contributed by atoms with Crippen LogP contribution in [0.15, 0.2) is 11.3 Å². The van der Waals surface area contributed by atoms with Crippen molar-refractivity contribution in [2.75, 3.05) is 6.61 Å². The van der Waals surface area contributed by atoms with Gasteiger partial charge in [-0.15, -0.1) is 5.10 Å². The van der Waals surface area contributed by atoms with Crippen LogP contribution in [-0.2, 0) is 49.4 Å². The maximum Gasteiger partial charge on any atom is 0.303 e. The normalized spacial score (nSPS) is 24.6. The van der Waals surface area contributed by atoms with Crippen molar-refractivity contribution in [3.63, 3.8) is 0 Å². The average molecular weight is 454 g/mol. The van der Waals surface area contributed by atoms with Crippen LogP contribution in [0.1, 0.15) is 39.6 Å². The summed E-state index contributed by atoms with van der Waals surface area (Å²) >= 11 is 0. The first kappa shape index (κ1) is 24.6. The summed E-state index contributed by atoms with van der Waals surface area (Å²) < 4.78 is 28.0. The van der Waals surface area contributed by atoms with Gasteiger partial charge < -0.3 is 23.7 Å². The molecule has 32 heavy (non-hydrogen) atoms. The zero-order valence-electron chi connectivity index (χ0n) is 17.7. The van der Waals surface area contributed by atoms with E-state index in [9.17, 15) is 19.2 Å². The predicted molar refractivity (Wildman–Crippen MR) is 100 cm³/mol. The Kier molecular flexibility index (Phi) is 8.49. The van der Waals surface area contributed by atoms with E-state index in [1.165, 1.54) is 13.1 Å². The van der Waals surface area contributed by atoms with E-state index in [-0.39, 0.29) is 18.8 Å². The van der Waals surface area contributed by atoms with Crippen molar-refractivity contribution in [3.8, 4) is 0 Å². The summed E-state index contributed by atoms with van der Waals surface area (Å²) in [6.07, 6.45) is -4.89. The Morgan fingerprint density at radius 1 is 1.03 bits per heavy atom. The molecule has 2 rings (SSSR count). The fourth-order valence-electron chi connectivity index (χ4n) is 3.03. The van der Waals surface area contributed by atoms with Gasteiger partial charge in [0.1, 0.15) is 12.7 Å². The number of ether oxygens (including phenoxy) is 5. The highest BCUT2D eigenvalue weighted by molar-refractivity contribution is 5.68. The van der Waals surface area contributed by atoms with Gasteiger partial charge in [-0.05, 0) is 5.53 Å². The van der Waals surface area contributed by atoms with Crippen LogP contribution in [0.4, 0.5) is 0 Å². The van der Waals surface area contributed by atoms with Crippen molar-refractivity contribution < 1.29 is 42.9 Å². The number of rotatable bonds is 8. The molecule has 0 amide bonds. The molecule has 1 aliphatic rings. The van der Waals surface area contributed by atoms with Gasteiger partial charge in [0.15, 0.2) is 24.5 Å². The van der Waals surface area contributed by atoms with Crippen LogP contribution >= 0.6 is 0 Å². The van der Waals surface area contributed by atoms with E-state index < -0.39 is 54.5 Å². The van der Waals surface area contributed by atoms with Gasteiger partial charge in [0, 0.05) is 32.6 Å². The molecule has 0 aromatic carbocycles. The molecule has 0 unspecified atom stereocenters. The summed E-state index contributed by atoms with van der Waals surface area (Å²) in [5.74, 6) is -2.86. The van der Waals surface area contributed by atoms with E-state index in [2.05, 4.69) is 20.3 Å². The van der Waals surface area contributed by atoms with Gasteiger partial charge in [-0.3, -0.25) is 19.2 Å². The van der Waals surface area contributed by atoms with Crippen molar-refractivity contribution in [1.82, 2.24) is 15.0 Å². The van der Waals surface area contributed by atoms with Crippen LogP contribution < -0.4 is 0 Å². The van der Waals surface area contributed by atoms with Crippen molar-refractivity contribution in [1.29, 1.82) is 0 Å². The van der Waals surface area contributed by atoms with Crippen LogP contribution in [0, 0.1) is 0 Å². The molecule has 0 bridgehead atoms. The van der Waals surface area contributed by atoms with Crippen molar-refractivity contribution in [2.45, 2.75) is 64.9 Å². The van der Waals surface area contributed by atoms with Crippen LogP contribution in [-0.4, -0.2) is 69.9 Å². The second-order valence-corrected chi connectivity index (χ2v) is 6.67. The van der Waals surface area contributed by atoms with Crippen molar-refractivity contribution >= 4 is 23.9 Å². The Labute approximate surface area is 181 Å². The zero-order valence-corrected chi connectivity index (χ0v) is 17.7. The molecule has 0 aliphatic carbocycles. The predicted octanol–water partition coefficient (Wildman–Crippen LogP) is 0.344. The lowest BCUT2D eigenvalue weighted by molar-refractivity contribution is -0.270. The molecule has 0 radical (unpaired) electrons. The van der Waals surface area contributed by atoms with E-state index in [0.29, 0.717) is 0 Å². The Bertz CT molecular complexity index is 912. The van der Waals surface area contributed by atoms with E-state index in [4.69, 9.17) is 29.2 Å². The van der Waals surface area contributed by atoms with Gasteiger partial charge in [0.05, 0.1) is 18.4 Å². The minimum absolute atomic E-state index is 0.109. The lowest BCUT2D eigenvalue weighted by Gasteiger charge is -2.44. The van der Waals surface area contributed by atoms with Gasteiger partial charge >= 0.3 is 23.9 Å². The number of aromatic nitrogens is 3. The Morgan fingerprint density at radius 2 is 1.62 bits per heavy atom. The molecular formula is C17H22N6O9. The third-order valence-corrected chi connectivity index (χ3v) is 4.08. The van der Waals surface area contributed by atoms with Crippen LogP contribution in [0.2, 0.25) is 0 Å². The molecule has 0 N–H and O–H groups in total. The fourth-order valence-corrected chi connectivity index (χ4v) is 3.03. The SMILES string of the molecule is CC(=O)OC[C@H]1O[C@H](n2cc(CN=[N+]=[N-])nn2)[C@@H](OC(C)=O)[C@@H](OC(C)=O)[C@@H]1OC(C)=O. The lowest BCUT2D eigenvalue weighted by atomic mass is 9.97. The molecule has 1 saturated heterocycles. The van der Waals surface area contributed by atoms with E-state index >= 15 is 0 Å².